The molecule has 72 valence electrons. The molecule has 5 heteroatoms. The fourth-order valence-electron chi connectivity index (χ4n) is 0.914. The second-order valence-corrected chi connectivity index (χ2v) is 2.74. The average molecular weight is 181 g/mol. The molecular weight excluding hydrogens is 166 g/mol. The Bertz CT molecular complexity index is 274. The Kier molecular flexibility index (Phi) is 3.42. The molecule has 0 fully saturated rings. The summed E-state index contributed by atoms with van der Waals surface area (Å²) in [6, 6.07) is 1.85. The van der Waals surface area contributed by atoms with E-state index in [1.54, 1.807) is 0 Å². The summed E-state index contributed by atoms with van der Waals surface area (Å²) in [5, 5.41) is 16.6. The van der Waals surface area contributed by atoms with Gasteiger partial charge in [0.1, 0.15) is 0 Å². The molecule has 0 aliphatic carbocycles. The van der Waals surface area contributed by atoms with E-state index >= 15 is 0 Å². The maximum atomic E-state index is 4.02. The Morgan fingerprint density at radius 1 is 1.46 bits per heavy atom. The minimum atomic E-state index is 0.629. The summed E-state index contributed by atoms with van der Waals surface area (Å²) in [7, 11) is 0. The molecule has 1 aromatic heterocycles. The molecule has 0 aromatic carbocycles. The molecule has 0 spiro atoms. The van der Waals surface area contributed by atoms with Crippen molar-refractivity contribution in [3.05, 3.63) is 11.8 Å². The lowest BCUT2D eigenvalue weighted by Crippen LogP contribution is -2.14. The highest BCUT2D eigenvalue weighted by molar-refractivity contribution is 5.25. The van der Waals surface area contributed by atoms with Crippen LogP contribution >= 0.6 is 0 Å². The van der Waals surface area contributed by atoms with E-state index in [1.165, 1.54) is 0 Å². The number of H-pyrrole nitrogens is 1. The molecule has 1 N–H and O–H groups in total. The molecular formula is C8H15N5. The number of hydrogen-bond acceptors (Lipinski definition) is 3. The van der Waals surface area contributed by atoms with E-state index < -0.39 is 0 Å². The molecule has 5 nitrogen and oxygen atoms in total. The van der Waals surface area contributed by atoms with Crippen molar-refractivity contribution in [1.82, 2.24) is 15.2 Å². The Morgan fingerprint density at radius 3 is 2.62 bits per heavy atom. The van der Waals surface area contributed by atoms with Gasteiger partial charge in [0.2, 0.25) is 0 Å². The first-order valence-corrected chi connectivity index (χ1v) is 4.44. The summed E-state index contributed by atoms with van der Waals surface area (Å²) < 4.78 is 0. The molecule has 13 heavy (non-hydrogen) atoms. The van der Waals surface area contributed by atoms with Crippen LogP contribution in [0.15, 0.2) is 16.4 Å². The Morgan fingerprint density at radius 2 is 2.15 bits per heavy atom. The van der Waals surface area contributed by atoms with Crippen molar-refractivity contribution < 1.29 is 0 Å². The first-order valence-electron chi connectivity index (χ1n) is 4.44. The zero-order chi connectivity index (χ0) is 9.68. The summed E-state index contributed by atoms with van der Waals surface area (Å²) >= 11 is 0. The standard InChI is InChI=1S/C8H15N5/c1-4-13(5-2)12-11-8-6-7(3)9-10-8/h6H,4-5H2,1-3H3,(H,9,10). The highest BCUT2D eigenvalue weighted by Crippen LogP contribution is 2.09. The van der Waals surface area contributed by atoms with Gasteiger partial charge < -0.3 is 0 Å². The summed E-state index contributed by atoms with van der Waals surface area (Å²) in [4.78, 5) is 0. The van der Waals surface area contributed by atoms with Crippen LogP contribution in [0.2, 0.25) is 0 Å². The van der Waals surface area contributed by atoms with Crippen LogP contribution in [0.5, 0.6) is 0 Å². The van der Waals surface area contributed by atoms with Crippen LogP contribution in [0, 0.1) is 6.92 Å². The molecule has 1 heterocycles. The maximum Gasteiger partial charge on any atom is 0.197 e. The minimum Gasteiger partial charge on any atom is -0.281 e. The van der Waals surface area contributed by atoms with Crippen molar-refractivity contribution in [2.45, 2.75) is 20.8 Å². The first kappa shape index (κ1) is 9.70. The number of aromatic nitrogens is 2. The molecule has 1 aromatic rings. The molecule has 0 saturated heterocycles. The smallest absolute Gasteiger partial charge is 0.197 e. The van der Waals surface area contributed by atoms with Crippen LogP contribution in [-0.2, 0) is 0 Å². The minimum absolute atomic E-state index is 0.629. The quantitative estimate of drug-likeness (QED) is 0.571. The van der Waals surface area contributed by atoms with Crippen molar-refractivity contribution in [2.24, 2.45) is 10.3 Å². The van der Waals surface area contributed by atoms with Crippen LogP contribution in [0.1, 0.15) is 19.5 Å². The maximum absolute atomic E-state index is 4.02. The lowest BCUT2D eigenvalue weighted by atomic mass is 10.5. The normalized spacial score (nSPS) is 11.0. The highest BCUT2D eigenvalue weighted by atomic mass is 15.5. The van der Waals surface area contributed by atoms with E-state index in [0.717, 1.165) is 18.8 Å². The third-order valence-corrected chi connectivity index (χ3v) is 1.70. The molecule has 0 aliphatic heterocycles. The molecule has 0 atom stereocenters. The van der Waals surface area contributed by atoms with Crippen LogP contribution in [-0.4, -0.2) is 28.3 Å². The third-order valence-electron chi connectivity index (χ3n) is 1.70. The van der Waals surface area contributed by atoms with Gasteiger partial charge in [-0.05, 0) is 20.8 Å². The van der Waals surface area contributed by atoms with Gasteiger partial charge in [-0.2, -0.15) is 5.10 Å². The Labute approximate surface area is 77.8 Å². The van der Waals surface area contributed by atoms with Crippen molar-refractivity contribution >= 4 is 5.82 Å². The number of nitrogens with one attached hydrogen (secondary N) is 1. The van der Waals surface area contributed by atoms with Crippen LogP contribution in [0.4, 0.5) is 5.82 Å². The molecule has 1 rings (SSSR count). The van der Waals surface area contributed by atoms with Gasteiger partial charge in [-0.15, -0.1) is 5.11 Å². The molecule has 0 aliphatic rings. The zero-order valence-corrected chi connectivity index (χ0v) is 8.28. The van der Waals surface area contributed by atoms with Gasteiger partial charge in [0.15, 0.2) is 5.82 Å². The van der Waals surface area contributed by atoms with Gasteiger partial charge >= 0.3 is 0 Å². The number of hydrogen-bond donors (Lipinski definition) is 1. The molecule has 0 radical (unpaired) electrons. The number of aryl methyl sites for hydroxylation is 1. The van der Waals surface area contributed by atoms with Gasteiger partial charge in [0.05, 0.1) is 0 Å². The zero-order valence-electron chi connectivity index (χ0n) is 8.28. The molecule has 0 bridgehead atoms. The van der Waals surface area contributed by atoms with Crippen molar-refractivity contribution in [2.75, 3.05) is 13.1 Å². The summed E-state index contributed by atoms with van der Waals surface area (Å²) in [5.41, 5.74) is 0.994. The second kappa shape index (κ2) is 4.59. The van der Waals surface area contributed by atoms with E-state index in [-0.39, 0.29) is 0 Å². The van der Waals surface area contributed by atoms with Crippen molar-refractivity contribution in [3.8, 4) is 0 Å². The molecule has 0 unspecified atom stereocenters. The Balaban J connectivity index is 2.57. The monoisotopic (exact) mass is 181 g/mol. The number of nitrogens with zero attached hydrogens (tertiary/aromatic N) is 4. The highest BCUT2D eigenvalue weighted by Gasteiger charge is 1.95. The lowest BCUT2D eigenvalue weighted by Gasteiger charge is -2.10. The van der Waals surface area contributed by atoms with Gasteiger partial charge in [0, 0.05) is 24.8 Å². The molecule has 0 saturated carbocycles. The summed E-state index contributed by atoms with van der Waals surface area (Å²) in [5.74, 6) is 0.629. The van der Waals surface area contributed by atoms with Crippen LogP contribution < -0.4 is 0 Å². The van der Waals surface area contributed by atoms with E-state index in [1.807, 2.05) is 31.8 Å². The third kappa shape index (κ3) is 2.85. The largest absolute Gasteiger partial charge is 0.281 e. The van der Waals surface area contributed by atoms with Crippen LogP contribution in [0.25, 0.3) is 0 Å². The fourth-order valence-corrected chi connectivity index (χ4v) is 0.914. The van der Waals surface area contributed by atoms with Crippen molar-refractivity contribution in [3.63, 3.8) is 0 Å². The lowest BCUT2D eigenvalue weighted by molar-refractivity contribution is 0.300. The summed E-state index contributed by atoms with van der Waals surface area (Å²) in [6.07, 6.45) is 0. The van der Waals surface area contributed by atoms with E-state index in [4.69, 9.17) is 0 Å². The van der Waals surface area contributed by atoms with Gasteiger partial charge in [-0.1, -0.05) is 5.22 Å². The first-order chi connectivity index (χ1) is 6.26. The van der Waals surface area contributed by atoms with Crippen LogP contribution in [0.3, 0.4) is 0 Å². The fraction of sp³-hybridized carbons (Fsp3) is 0.625. The van der Waals surface area contributed by atoms with Gasteiger partial charge in [0.25, 0.3) is 0 Å². The predicted octanol–water partition coefficient (Wildman–Crippen LogP) is 2.06. The van der Waals surface area contributed by atoms with Gasteiger partial charge in [-0.25, -0.2) is 0 Å². The van der Waals surface area contributed by atoms with E-state index in [0.29, 0.717) is 5.82 Å². The number of aromatic amines is 1. The second-order valence-electron chi connectivity index (χ2n) is 2.74. The Hall–Kier alpha value is -1.39. The van der Waals surface area contributed by atoms with E-state index in [2.05, 4.69) is 20.5 Å². The van der Waals surface area contributed by atoms with Crippen molar-refractivity contribution in [1.29, 1.82) is 0 Å². The SMILES string of the molecule is CCN(CC)N=Nc1cc(C)[nH]n1. The summed E-state index contributed by atoms with van der Waals surface area (Å²) in [6.45, 7) is 7.74. The topological polar surface area (TPSA) is 56.6 Å². The van der Waals surface area contributed by atoms with Gasteiger partial charge in [-0.3, -0.25) is 10.1 Å². The average Bonchev–Trinajstić information content (AvgIpc) is 2.53. The number of rotatable bonds is 4. The molecule has 0 amide bonds. The predicted molar refractivity (Wildman–Crippen MR) is 50.8 cm³/mol. The van der Waals surface area contributed by atoms with E-state index in [9.17, 15) is 0 Å².